The van der Waals surface area contributed by atoms with Crippen molar-refractivity contribution < 1.29 is 52.5 Å². The van der Waals surface area contributed by atoms with Gasteiger partial charge in [0.2, 0.25) is 6.08 Å². The molecule has 0 bridgehead atoms. The maximum Gasteiger partial charge on any atom is 0.338 e. The first-order valence-corrected chi connectivity index (χ1v) is 14.6. The topological polar surface area (TPSA) is 161 Å². The van der Waals surface area contributed by atoms with Crippen molar-refractivity contribution in [2.45, 2.75) is 30.5 Å². The lowest BCUT2D eigenvalue weighted by Crippen LogP contribution is -2.64. The normalized spacial score (nSPS) is 19.9. The minimum atomic E-state index is -1.89. The Bertz CT molecular complexity index is 1790. The number of carbonyl (C=O) groups is 5. The van der Waals surface area contributed by atoms with Gasteiger partial charge in [-0.2, -0.15) is 0 Å². The van der Waals surface area contributed by atoms with Gasteiger partial charge in [0.15, 0.2) is 24.4 Å². The summed E-state index contributed by atoms with van der Waals surface area (Å²) < 4.78 is 28.8. The number of benzene rings is 4. The summed E-state index contributed by atoms with van der Waals surface area (Å²) in [7, 11) is 0. The van der Waals surface area contributed by atoms with Crippen molar-refractivity contribution in [2.75, 3.05) is 6.61 Å². The zero-order valence-corrected chi connectivity index (χ0v) is 25.1. The van der Waals surface area contributed by atoms with E-state index in [2.05, 4.69) is 4.99 Å². The third-order valence-corrected chi connectivity index (χ3v) is 7.18. The van der Waals surface area contributed by atoms with Crippen molar-refractivity contribution in [2.24, 2.45) is 4.99 Å². The zero-order valence-electron chi connectivity index (χ0n) is 25.1. The van der Waals surface area contributed by atoms with Gasteiger partial charge in [-0.3, -0.25) is 4.79 Å². The summed E-state index contributed by atoms with van der Waals surface area (Å²) in [6.45, 7) is -0.631. The summed E-state index contributed by atoms with van der Waals surface area (Å²) in [5, 5.41) is 0. The number of esters is 4. The Morgan fingerprint density at radius 1 is 0.542 bits per heavy atom. The van der Waals surface area contributed by atoms with E-state index in [1.165, 1.54) is 48.5 Å². The smallest absolute Gasteiger partial charge is 0.338 e. The van der Waals surface area contributed by atoms with E-state index in [1.807, 2.05) is 0 Å². The second-order valence-corrected chi connectivity index (χ2v) is 10.3. The minimum absolute atomic E-state index is 0.0625. The van der Waals surface area contributed by atoms with Crippen LogP contribution in [0, 0.1) is 0 Å². The lowest BCUT2D eigenvalue weighted by atomic mass is 9.93. The second-order valence-electron chi connectivity index (χ2n) is 10.3. The molecule has 0 saturated carbocycles. The molecule has 5 atom stereocenters. The zero-order chi connectivity index (χ0) is 33.9. The molecule has 12 heteroatoms. The third-order valence-electron chi connectivity index (χ3n) is 7.18. The fraction of sp³-hybridized carbons (Fsp3) is 0.167. The molecular formula is C36H27NO11. The average Bonchev–Trinajstić information content (AvgIpc) is 3.13. The van der Waals surface area contributed by atoms with Crippen LogP contribution in [0.25, 0.3) is 0 Å². The number of isocyanates is 1. The Morgan fingerprint density at radius 2 is 0.917 bits per heavy atom. The highest BCUT2D eigenvalue weighted by atomic mass is 16.7. The largest absolute Gasteiger partial charge is 0.459 e. The van der Waals surface area contributed by atoms with Gasteiger partial charge in [0.1, 0.15) is 12.7 Å². The average molecular weight is 650 g/mol. The van der Waals surface area contributed by atoms with E-state index in [4.69, 9.17) is 23.7 Å². The van der Waals surface area contributed by atoms with Gasteiger partial charge in [0.05, 0.1) is 22.3 Å². The molecule has 1 saturated heterocycles. The SMILES string of the molecule is O=C=NC(=O)[C@@H]1O[C@H](COC(=O)c2ccccc2)[C@@H](OC(=O)c2ccccc2)[C@H](OC(=O)c2ccccc2)[C@H]1OC(=O)c1ccccc1. The molecule has 5 rings (SSSR count). The molecule has 0 spiro atoms. The molecule has 0 aliphatic carbocycles. The Kier molecular flexibility index (Phi) is 10.9. The first-order valence-electron chi connectivity index (χ1n) is 14.6. The first kappa shape index (κ1) is 33.1. The molecule has 4 aromatic rings. The van der Waals surface area contributed by atoms with Crippen LogP contribution in [-0.4, -0.2) is 73.0 Å². The fourth-order valence-corrected chi connectivity index (χ4v) is 4.87. The van der Waals surface area contributed by atoms with Crippen molar-refractivity contribution >= 4 is 35.9 Å². The summed E-state index contributed by atoms with van der Waals surface area (Å²) in [6, 6.07) is 31.2. The fourth-order valence-electron chi connectivity index (χ4n) is 4.87. The van der Waals surface area contributed by atoms with Gasteiger partial charge in [0, 0.05) is 0 Å². The van der Waals surface area contributed by atoms with Crippen LogP contribution in [0.1, 0.15) is 41.4 Å². The molecule has 48 heavy (non-hydrogen) atoms. The molecule has 1 aliphatic rings. The van der Waals surface area contributed by atoms with Gasteiger partial charge >= 0.3 is 23.9 Å². The summed E-state index contributed by atoms with van der Waals surface area (Å²) in [4.78, 5) is 80.6. The summed E-state index contributed by atoms with van der Waals surface area (Å²) in [5.74, 6) is -4.82. The number of hydrogen-bond acceptors (Lipinski definition) is 11. The number of rotatable bonds is 10. The van der Waals surface area contributed by atoms with Crippen LogP contribution in [0.4, 0.5) is 0 Å². The molecular weight excluding hydrogens is 622 g/mol. The maximum absolute atomic E-state index is 13.5. The molecule has 0 N–H and O–H groups in total. The molecule has 242 valence electrons. The lowest BCUT2D eigenvalue weighted by molar-refractivity contribution is -0.225. The molecule has 12 nitrogen and oxygen atoms in total. The van der Waals surface area contributed by atoms with Crippen molar-refractivity contribution in [3.63, 3.8) is 0 Å². The van der Waals surface area contributed by atoms with Gasteiger partial charge in [-0.05, 0) is 48.5 Å². The molecule has 1 amide bonds. The quantitative estimate of drug-likeness (QED) is 0.105. The van der Waals surface area contributed by atoms with Crippen LogP contribution in [0.3, 0.4) is 0 Å². The van der Waals surface area contributed by atoms with E-state index in [0.717, 1.165) is 6.08 Å². The predicted octanol–water partition coefficient (Wildman–Crippen LogP) is 4.15. The summed E-state index contributed by atoms with van der Waals surface area (Å²) >= 11 is 0. The van der Waals surface area contributed by atoms with E-state index < -0.39 is 66.9 Å². The Morgan fingerprint density at radius 3 is 1.33 bits per heavy atom. The standard InChI is InChI=1S/C36H27NO11/c38-22-37-32(39)31-30(48-36(43)26-19-11-4-12-20-26)29(47-35(42)25-17-9-3-10-18-25)28(46-34(41)24-15-7-2-8-16-24)27(45-31)21-44-33(40)23-13-5-1-6-14-23/h1-20,27-31H,21H2/t27-,28-,29+,30-,31-/m1/s1. The van der Waals surface area contributed by atoms with Crippen molar-refractivity contribution in [3.8, 4) is 0 Å². The van der Waals surface area contributed by atoms with Crippen LogP contribution in [0.5, 0.6) is 0 Å². The highest BCUT2D eigenvalue weighted by Crippen LogP contribution is 2.32. The van der Waals surface area contributed by atoms with E-state index in [9.17, 15) is 28.8 Å². The third kappa shape index (κ3) is 8.13. The number of hydrogen-bond donors (Lipinski definition) is 0. The van der Waals surface area contributed by atoms with E-state index in [1.54, 1.807) is 72.8 Å². The lowest BCUT2D eigenvalue weighted by Gasteiger charge is -2.43. The Hall–Kier alpha value is -6.23. The van der Waals surface area contributed by atoms with Gasteiger partial charge in [-0.15, -0.1) is 4.99 Å². The van der Waals surface area contributed by atoms with Crippen molar-refractivity contribution in [1.29, 1.82) is 0 Å². The van der Waals surface area contributed by atoms with Crippen LogP contribution in [0.15, 0.2) is 126 Å². The number of aliphatic imine (C=N–C) groups is 1. The summed E-state index contributed by atoms with van der Waals surface area (Å²) in [6.07, 6.45) is -7.45. The Labute approximate surface area is 273 Å². The number of carbonyl (C=O) groups excluding carboxylic acids is 6. The molecule has 0 unspecified atom stereocenters. The highest BCUT2D eigenvalue weighted by molar-refractivity contribution is 5.93. The van der Waals surface area contributed by atoms with Crippen LogP contribution >= 0.6 is 0 Å². The summed E-state index contributed by atoms with van der Waals surface area (Å²) in [5.41, 5.74) is 0.428. The van der Waals surface area contributed by atoms with Crippen LogP contribution < -0.4 is 0 Å². The predicted molar refractivity (Wildman–Crippen MR) is 165 cm³/mol. The Balaban J connectivity index is 1.57. The first-order chi connectivity index (χ1) is 23.4. The molecule has 1 heterocycles. The molecule has 0 radical (unpaired) electrons. The number of amides is 1. The highest BCUT2D eigenvalue weighted by Gasteiger charge is 2.55. The monoisotopic (exact) mass is 649 g/mol. The second kappa shape index (κ2) is 15.9. The maximum atomic E-state index is 13.5. The van der Waals surface area contributed by atoms with E-state index >= 15 is 0 Å². The molecule has 4 aromatic carbocycles. The van der Waals surface area contributed by atoms with Gasteiger partial charge in [-0.1, -0.05) is 72.8 Å². The molecule has 1 aliphatic heterocycles. The van der Waals surface area contributed by atoms with Gasteiger partial charge in [-0.25, -0.2) is 24.0 Å². The van der Waals surface area contributed by atoms with Crippen molar-refractivity contribution in [1.82, 2.24) is 0 Å². The van der Waals surface area contributed by atoms with E-state index in [0.29, 0.717) is 0 Å². The molecule has 0 aromatic heterocycles. The van der Waals surface area contributed by atoms with Gasteiger partial charge < -0.3 is 23.7 Å². The minimum Gasteiger partial charge on any atom is -0.459 e. The van der Waals surface area contributed by atoms with E-state index in [-0.39, 0.29) is 22.3 Å². The van der Waals surface area contributed by atoms with Crippen LogP contribution in [0.2, 0.25) is 0 Å². The number of ether oxygens (including phenoxy) is 5. The van der Waals surface area contributed by atoms with Gasteiger partial charge in [0.25, 0.3) is 5.91 Å². The van der Waals surface area contributed by atoms with Crippen molar-refractivity contribution in [3.05, 3.63) is 144 Å². The molecule has 1 fully saturated rings. The number of nitrogens with zero attached hydrogens (tertiary/aromatic N) is 1. The van der Waals surface area contributed by atoms with Crippen LogP contribution in [-0.2, 0) is 33.3 Å².